The lowest BCUT2D eigenvalue weighted by atomic mass is 9.99. The normalized spacial score (nSPS) is 13.5. The van der Waals surface area contributed by atoms with E-state index < -0.39 is 28.7 Å². The summed E-state index contributed by atoms with van der Waals surface area (Å²) in [5.41, 5.74) is -0.377. The second-order valence-corrected chi connectivity index (χ2v) is 9.29. The minimum atomic E-state index is -1.43. The highest BCUT2D eigenvalue weighted by Crippen LogP contribution is 2.29. The molecule has 4 aromatic rings. The molecule has 0 unspecified atom stereocenters. The summed E-state index contributed by atoms with van der Waals surface area (Å²) >= 11 is 1.21. The minimum Gasteiger partial charge on any atom is -0.477 e. The molecule has 5 heterocycles. The number of carboxylic acid groups (broad SMARTS) is 1. The topological polar surface area (TPSA) is 134 Å². The first-order valence-electron chi connectivity index (χ1n) is 10.8. The van der Waals surface area contributed by atoms with Gasteiger partial charge in [0.1, 0.15) is 11.4 Å². The van der Waals surface area contributed by atoms with Crippen LogP contribution in [0.25, 0.3) is 16.2 Å². The van der Waals surface area contributed by atoms with E-state index in [1.54, 1.807) is 22.5 Å². The second kappa shape index (κ2) is 9.00. The van der Waals surface area contributed by atoms with Crippen molar-refractivity contribution in [2.45, 2.75) is 0 Å². The second-order valence-electron chi connectivity index (χ2n) is 8.41. The van der Waals surface area contributed by atoms with E-state index in [0.29, 0.717) is 10.9 Å². The Morgan fingerprint density at radius 2 is 2.03 bits per heavy atom. The Labute approximate surface area is 207 Å². The molecule has 1 aliphatic heterocycles. The zero-order valence-corrected chi connectivity index (χ0v) is 20.0. The molecule has 1 amide bonds. The SMILES string of the molecule is CN(C)c1ccc(NC(=O)C2CN(c3nc4c(cc3F)c(=O)c(C(=O)O)cn4-c3nccs3)C2)nc1. The third-order valence-corrected chi connectivity index (χ3v) is 6.61. The van der Waals surface area contributed by atoms with Crippen LogP contribution in [0.1, 0.15) is 10.4 Å². The Hall–Kier alpha value is -4.39. The van der Waals surface area contributed by atoms with Crippen LogP contribution in [0, 0.1) is 11.7 Å². The van der Waals surface area contributed by atoms with Crippen molar-refractivity contribution >= 4 is 51.6 Å². The number of nitrogens with one attached hydrogen (secondary N) is 1. The third kappa shape index (κ3) is 4.13. The van der Waals surface area contributed by atoms with E-state index in [-0.39, 0.29) is 35.8 Å². The molecule has 1 aliphatic rings. The first-order valence-corrected chi connectivity index (χ1v) is 11.7. The summed E-state index contributed by atoms with van der Waals surface area (Å²) in [7, 11) is 3.78. The lowest BCUT2D eigenvalue weighted by molar-refractivity contribution is -0.120. The smallest absolute Gasteiger partial charge is 0.341 e. The number of hydrogen-bond acceptors (Lipinski definition) is 9. The summed E-state index contributed by atoms with van der Waals surface area (Å²) in [6.07, 6.45) is 4.31. The van der Waals surface area contributed by atoms with Crippen molar-refractivity contribution in [2.75, 3.05) is 42.3 Å². The first kappa shape index (κ1) is 23.4. The molecular formula is C23H20FN7O4S. The van der Waals surface area contributed by atoms with E-state index in [4.69, 9.17) is 0 Å². The van der Waals surface area contributed by atoms with Crippen molar-refractivity contribution in [1.82, 2.24) is 19.5 Å². The van der Waals surface area contributed by atoms with E-state index in [1.807, 2.05) is 25.1 Å². The van der Waals surface area contributed by atoms with Crippen LogP contribution >= 0.6 is 11.3 Å². The van der Waals surface area contributed by atoms with Crippen LogP contribution < -0.4 is 20.5 Å². The van der Waals surface area contributed by atoms with E-state index in [2.05, 4.69) is 20.3 Å². The molecule has 0 radical (unpaired) electrons. The number of thiazole rings is 1. The van der Waals surface area contributed by atoms with Crippen LogP contribution in [0.5, 0.6) is 0 Å². The number of fused-ring (bicyclic) bond motifs is 1. The number of aromatic nitrogens is 4. The standard InChI is InChI=1S/C23H20FN7O4S/c1-29(2)13-3-4-17(26-8-13)27-21(33)12-9-30(10-12)20-16(24)7-14-18(32)15(22(34)35)11-31(19(14)28-20)23-25-5-6-36-23/h3-8,11-12H,9-10H2,1-2H3,(H,34,35)(H,26,27,33). The fourth-order valence-corrected chi connectivity index (χ4v) is 4.46. The highest BCUT2D eigenvalue weighted by atomic mass is 32.1. The van der Waals surface area contributed by atoms with Gasteiger partial charge in [0, 0.05) is 45.0 Å². The maximum atomic E-state index is 15.0. The molecule has 0 aromatic carbocycles. The third-order valence-electron chi connectivity index (χ3n) is 5.84. The summed E-state index contributed by atoms with van der Waals surface area (Å²) in [4.78, 5) is 53.1. The molecule has 0 saturated carbocycles. The largest absolute Gasteiger partial charge is 0.477 e. The van der Waals surface area contributed by atoms with Crippen molar-refractivity contribution in [3.8, 4) is 5.13 Å². The van der Waals surface area contributed by atoms with Crippen LogP contribution in [-0.2, 0) is 4.79 Å². The molecule has 0 spiro atoms. The summed E-state index contributed by atoms with van der Waals surface area (Å²) in [6, 6.07) is 4.53. The summed E-state index contributed by atoms with van der Waals surface area (Å²) < 4.78 is 16.4. The van der Waals surface area contributed by atoms with Crippen molar-refractivity contribution < 1.29 is 19.1 Å². The van der Waals surface area contributed by atoms with Crippen LogP contribution in [0.4, 0.5) is 21.7 Å². The number of hydrogen-bond donors (Lipinski definition) is 2. The molecule has 1 saturated heterocycles. The molecule has 1 fully saturated rings. The maximum Gasteiger partial charge on any atom is 0.341 e. The fraction of sp³-hybridized carbons (Fsp3) is 0.217. The van der Waals surface area contributed by atoms with Gasteiger partial charge in [-0.05, 0) is 18.2 Å². The maximum absolute atomic E-state index is 15.0. The number of anilines is 3. The number of halogens is 1. The number of aromatic carboxylic acids is 1. The fourth-order valence-electron chi connectivity index (χ4n) is 3.84. The van der Waals surface area contributed by atoms with Gasteiger partial charge in [0.05, 0.1) is 23.2 Å². The lowest BCUT2D eigenvalue weighted by Gasteiger charge is -2.39. The first-order chi connectivity index (χ1) is 17.2. The Balaban J connectivity index is 1.40. The summed E-state index contributed by atoms with van der Waals surface area (Å²) in [6.45, 7) is 0.428. The molecule has 184 valence electrons. The number of carbonyl (C=O) groups is 2. The number of amides is 1. The van der Waals surface area contributed by atoms with Crippen molar-refractivity contribution in [3.63, 3.8) is 0 Å². The number of carbonyl (C=O) groups excluding carboxylic acids is 1. The van der Waals surface area contributed by atoms with Crippen molar-refractivity contribution in [3.05, 3.63) is 63.8 Å². The Kier molecular flexibility index (Phi) is 5.84. The highest BCUT2D eigenvalue weighted by molar-refractivity contribution is 7.12. The summed E-state index contributed by atoms with van der Waals surface area (Å²) in [5, 5.41) is 14.1. The van der Waals surface area contributed by atoms with E-state index in [1.165, 1.54) is 22.1 Å². The van der Waals surface area contributed by atoms with Crippen molar-refractivity contribution in [1.29, 1.82) is 0 Å². The zero-order chi connectivity index (χ0) is 25.6. The lowest BCUT2D eigenvalue weighted by Crippen LogP contribution is -2.52. The number of carboxylic acids is 1. The number of nitrogens with zero attached hydrogens (tertiary/aromatic N) is 6. The average molecular weight is 510 g/mol. The van der Waals surface area contributed by atoms with Gasteiger partial charge in [-0.1, -0.05) is 0 Å². The Bertz CT molecular complexity index is 1530. The molecule has 4 aromatic heterocycles. The van der Waals surface area contributed by atoms with Gasteiger partial charge in [0.2, 0.25) is 11.3 Å². The van der Waals surface area contributed by atoms with Crippen molar-refractivity contribution in [2.24, 2.45) is 5.92 Å². The molecule has 0 atom stereocenters. The van der Waals surface area contributed by atoms with E-state index in [9.17, 15) is 19.5 Å². The Morgan fingerprint density at radius 3 is 2.64 bits per heavy atom. The molecule has 5 rings (SSSR count). The molecular weight excluding hydrogens is 489 g/mol. The van der Waals surface area contributed by atoms with Gasteiger partial charge in [-0.15, -0.1) is 11.3 Å². The average Bonchev–Trinajstić information content (AvgIpc) is 3.34. The van der Waals surface area contributed by atoms with Crippen LogP contribution in [0.2, 0.25) is 0 Å². The van der Waals surface area contributed by atoms with Gasteiger partial charge >= 0.3 is 5.97 Å². The minimum absolute atomic E-state index is 0.0345. The highest BCUT2D eigenvalue weighted by Gasteiger charge is 2.35. The number of pyridine rings is 3. The molecule has 0 aliphatic carbocycles. The monoisotopic (exact) mass is 509 g/mol. The zero-order valence-electron chi connectivity index (χ0n) is 19.2. The molecule has 2 N–H and O–H groups in total. The van der Waals surface area contributed by atoms with Gasteiger partial charge in [-0.3, -0.25) is 14.2 Å². The molecule has 11 nitrogen and oxygen atoms in total. The Morgan fingerprint density at radius 1 is 1.25 bits per heavy atom. The van der Waals surface area contributed by atoms with Gasteiger partial charge < -0.3 is 20.2 Å². The summed E-state index contributed by atoms with van der Waals surface area (Å²) in [5.74, 6) is -2.49. The van der Waals surface area contributed by atoms with Gasteiger partial charge in [-0.25, -0.2) is 24.1 Å². The van der Waals surface area contributed by atoms with Crippen LogP contribution in [0.3, 0.4) is 0 Å². The molecule has 13 heteroatoms. The van der Waals surface area contributed by atoms with Gasteiger partial charge in [-0.2, -0.15) is 0 Å². The van der Waals surface area contributed by atoms with E-state index in [0.717, 1.165) is 18.0 Å². The quantitative estimate of drug-likeness (QED) is 0.401. The van der Waals surface area contributed by atoms with Crippen LogP contribution in [-0.4, -0.2) is 63.7 Å². The van der Waals surface area contributed by atoms with Gasteiger partial charge in [0.15, 0.2) is 22.4 Å². The molecule has 36 heavy (non-hydrogen) atoms. The predicted octanol–water partition coefficient (Wildman–Crippen LogP) is 2.22. The van der Waals surface area contributed by atoms with E-state index >= 15 is 4.39 Å². The van der Waals surface area contributed by atoms with Crippen LogP contribution in [0.15, 0.2) is 47.0 Å². The van der Waals surface area contributed by atoms with Gasteiger partial charge in [0.25, 0.3) is 0 Å². The predicted molar refractivity (Wildman–Crippen MR) is 133 cm³/mol. The molecule has 0 bridgehead atoms. The number of rotatable bonds is 6.